The highest BCUT2D eigenvalue weighted by Gasteiger charge is 2.08. The van der Waals surface area contributed by atoms with E-state index < -0.39 is 5.82 Å². The van der Waals surface area contributed by atoms with Crippen LogP contribution in [-0.2, 0) is 13.5 Å². The number of nitrogens with zero attached hydrogens (tertiary/aromatic N) is 3. The molecule has 134 valence electrons. The Morgan fingerprint density at radius 1 is 1.22 bits per heavy atom. The van der Waals surface area contributed by atoms with Crippen molar-refractivity contribution in [1.29, 1.82) is 0 Å². The van der Waals surface area contributed by atoms with Crippen LogP contribution in [-0.4, -0.2) is 15.5 Å². The van der Waals surface area contributed by atoms with E-state index in [1.54, 1.807) is 31.4 Å². The summed E-state index contributed by atoms with van der Waals surface area (Å²) >= 11 is 0. The first-order chi connectivity index (χ1) is 12.9. The summed E-state index contributed by atoms with van der Waals surface area (Å²) in [5.74, 6) is -0.469. The van der Waals surface area contributed by atoms with Crippen molar-refractivity contribution in [2.45, 2.75) is 6.42 Å². The Morgan fingerprint density at radius 3 is 2.70 bits per heavy atom. The van der Waals surface area contributed by atoms with Gasteiger partial charge < -0.3 is 9.88 Å². The smallest absolute Gasteiger partial charge is 0.258 e. The van der Waals surface area contributed by atoms with Gasteiger partial charge in [0.15, 0.2) is 5.69 Å². The van der Waals surface area contributed by atoms with Gasteiger partial charge in [0.1, 0.15) is 11.6 Å². The molecule has 1 amide bonds. The van der Waals surface area contributed by atoms with Gasteiger partial charge in [-0.3, -0.25) is 9.59 Å². The second-order valence-electron chi connectivity index (χ2n) is 5.98. The van der Waals surface area contributed by atoms with Gasteiger partial charge in [0.05, 0.1) is 12.1 Å². The number of nitrogens with one attached hydrogen (secondary N) is 1. The van der Waals surface area contributed by atoms with Crippen LogP contribution in [0.1, 0.15) is 21.5 Å². The van der Waals surface area contributed by atoms with Gasteiger partial charge in [0, 0.05) is 25.5 Å². The number of carbonyl (C=O) groups is 1. The van der Waals surface area contributed by atoms with Crippen molar-refractivity contribution >= 4 is 17.4 Å². The molecule has 0 radical (unpaired) electrons. The van der Waals surface area contributed by atoms with Gasteiger partial charge in [-0.15, -0.1) is 0 Å². The summed E-state index contributed by atoms with van der Waals surface area (Å²) in [5, 5.41) is 2.66. The predicted octanol–water partition coefficient (Wildman–Crippen LogP) is 3.31. The summed E-state index contributed by atoms with van der Waals surface area (Å²) in [6, 6.07) is 10.4. The number of carbonyl (C=O) groups excluding carboxylic acids is 1. The summed E-state index contributed by atoms with van der Waals surface area (Å²) in [7, 11) is 1.57. The van der Waals surface area contributed by atoms with E-state index in [1.807, 2.05) is 0 Å². The van der Waals surface area contributed by atoms with Crippen LogP contribution in [0.3, 0.4) is 0 Å². The average Bonchev–Trinajstić information content (AvgIpc) is 2.65. The van der Waals surface area contributed by atoms with Crippen LogP contribution in [0.5, 0.6) is 0 Å². The van der Waals surface area contributed by atoms with Crippen LogP contribution in [0.25, 0.3) is 4.85 Å². The molecule has 0 atom stereocenters. The summed E-state index contributed by atoms with van der Waals surface area (Å²) in [4.78, 5) is 31.0. The Hall–Kier alpha value is -3.79. The van der Waals surface area contributed by atoms with Gasteiger partial charge >= 0.3 is 0 Å². The maximum absolute atomic E-state index is 13.5. The molecule has 1 aromatic carbocycles. The first-order valence-corrected chi connectivity index (χ1v) is 8.04. The van der Waals surface area contributed by atoms with E-state index >= 15 is 0 Å². The molecular weight excluding hydrogens is 347 g/mol. The third kappa shape index (κ3) is 4.44. The topological polar surface area (TPSA) is 68.3 Å². The van der Waals surface area contributed by atoms with Crippen LogP contribution >= 0.6 is 0 Å². The first-order valence-electron chi connectivity index (χ1n) is 8.04. The second kappa shape index (κ2) is 7.62. The quantitative estimate of drug-likeness (QED) is 0.724. The lowest BCUT2D eigenvalue weighted by atomic mass is 10.1. The Kier molecular flexibility index (Phi) is 5.08. The molecule has 3 aromatic rings. The highest BCUT2D eigenvalue weighted by Crippen LogP contribution is 2.19. The maximum atomic E-state index is 13.5. The number of pyridine rings is 2. The van der Waals surface area contributed by atoms with E-state index in [0.717, 1.165) is 5.56 Å². The van der Waals surface area contributed by atoms with Crippen LogP contribution in [0.4, 0.5) is 15.9 Å². The van der Waals surface area contributed by atoms with Gasteiger partial charge in [-0.05, 0) is 36.2 Å². The molecule has 7 heteroatoms. The standard InChI is InChI=1S/C20H15FN4O2/c1-22-17-9-14(8-16(21)10-17)7-13-3-5-18(23-11-13)24-20(27)15-4-6-19(26)25(2)12-15/h3-6,8-12H,7H2,2H3,(H,23,24,27). The zero-order valence-corrected chi connectivity index (χ0v) is 14.4. The van der Waals surface area contributed by atoms with Crippen LogP contribution in [0.2, 0.25) is 0 Å². The molecule has 0 spiro atoms. The van der Waals surface area contributed by atoms with Crippen molar-refractivity contribution in [3.05, 3.63) is 99.1 Å². The number of aryl methyl sites for hydroxylation is 1. The minimum atomic E-state index is -0.451. The molecule has 0 aliphatic rings. The number of rotatable bonds is 4. The number of amides is 1. The SMILES string of the molecule is [C-]#[N+]c1cc(F)cc(Cc2ccc(NC(=O)c3ccc(=O)n(C)c3)nc2)c1. The maximum Gasteiger partial charge on any atom is 0.258 e. The molecule has 0 unspecified atom stereocenters. The Bertz CT molecular complexity index is 1100. The molecule has 0 bridgehead atoms. The number of benzene rings is 1. The third-order valence-corrected chi connectivity index (χ3v) is 3.89. The van der Waals surface area contributed by atoms with Crippen LogP contribution in [0.15, 0.2) is 59.7 Å². The van der Waals surface area contributed by atoms with Crippen molar-refractivity contribution in [3.63, 3.8) is 0 Å². The molecule has 0 aliphatic carbocycles. The first kappa shape index (κ1) is 18.0. The molecule has 0 aliphatic heterocycles. The van der Waals surface area contributed by atoms with Crippen molar-refractivity contribution < 1.29 is 9.18 Å². The number of anilines is 1. The number of aromatic nitrogens is 2. The predicted molar refractivity (Wildman–Crippen MR) is 99.3 cm³/mol. The lowest BCUT2D eigenvalue weighted by Crippen LogP contribution is -2.19. The molecule has 2 aromatic heterocycles. The number of halogens is 1. The summed E-state index contributed by atoms with van der Waals surface area (Å²) in [6.07, 6.45) is 3.45. The second-order valence-corrected chi connectivity index (χ2v) is 5.98. The van der Waals surface area contributed by atoms with Crippen molar-refractivity contribution in [2.24, 2.45) is 7.05 Å². The molecule has 1 N–H and O–H groups in total. The van der Waals surface area contributed by atoms with E-state index in [2.05, 4.69) is 15.1 Å². The van der Waals surface area contributed by atoms with Gasteiger partial charge in [-0.2, -0.15) is 0 Å². The van der Waals surface area contributed by atoms with Gasteiger partial charge in [0.2, 0.25) is 5.56 Å². The molecule has 3 rings (SSSR count). The Morgan fingerprint density at radius 2 is 2.04 bits per heavy atom. The highest BCUT2D eigenvalue weighted by atomic mass is 19.1. The fraction of sp³-hybridized carbons (Fsp3) is 0.100. The molecule has 6 nitrogen and oxygen atoms in total. The highest BCUT2D eigenvalue weighted by molar-refractivity contribution is 6.03. The molecule has 0 fully saturated rings. The molecule has 27 heavy (non-hydrogen) atoms. The minimum absolute atomic E-state index is 0.201. The Labute approximate surface area is 154 Å². The lowest BCUT2D eigenvalue weighted by molar-refractivity contribution is 0.102. The number of hydrogen-bond acceptors (Lipinski definition) is 3. The van der Waals surface area contributed by atoms with E-state index in [1.165, 1.54) is 35.0 Å². The molecule has 0 saturated carbocycles. The molecule has 2 heterocycles. The lowest BCUT2D eigenvalue weighted by Gasteiger charge is -2.07. The largest absolute Gasteiger partial charge is 0.318 e. The zero-order chi connectivity index (χ0) is 19.4. The average molecular weight is 362 g/mol. The Balaban J connectivity index is 1.71. The fourth-order valence-electron chi connectivity index (χ4n) is 2.56. The third-order valence-electron chi connectivity index (χ3n) is 3.89. The van der Waals surface area contributed by atoms with Crippen molar-refractivity contribution in [1.82, 2.24) is 9.55 Å². The van der Waals surface area contributed by atoms with Crippen molar-refractivity contribution in [2.75, 3.05) is 5.32 Å². The van der Waals surface area contributed by atoms with E-state index in [9.17, 15) is 14.0 Å². The summed E-state index contributed by atoms with van der Waals surface area (Å²) < 4.78 is 14.8. The monoisotopic (exact) mass is 362 g/mol. The van der Waals surface area contributed by atoms with Crippen LogP contribution < -0.4 is 10.9 Å². The van der Waals surface area contributed by atoms with Gasteiger partial charge in [-0.25, -0.2) is 14.2 Å². The van der Waals surface area contributed by atoms with Crippen LogP contribution in [0, 0.1) is 12.4 Å². The number of hydrogen-bond donors (Lipinski definition) is 1. The van der Waals surface area contributed by atoms with Gasteiger partial charge in [0.25, 0.3) is 5.91 Å². The van der Waals surface area contributed by atoms with Crippen molar-refractivity contribution in [3.8, 4) is 0 Å². The van der Waals surface area contributed by atoms with E-state index in [0.29, 0.717) is 23.4 Å². The molecular formula is C20H15FN4O2. The molecule has 0 saturated heterocycles. The fourth-order valence-corrected chi connectivity index (χ4v) is 2.56. The summed E-state index contributed by atoms with van der Waals surface area (Å²) in [5.41, 5.74) is 1.88. The summed E-state index contributed by atoms with van der Waals surface area (Å²) in [6.45, 7) is 6.99. The van der Waals surface area contributed by atoms with E-state index in [4.69, 9.17) is 6.57 Å². The normalized spacial score (nSPS) is 10.3. The van der Waals surface area contributed by atoms with Gasteiger partial charge in [-0.1, -0.05) is 17.7 Å². The minimum Gasteiger partial charge on any atom is -0.318 e. The zero-order valence-electron chi connectivity index (χ0n) is 14.4. The van der Waals surface area contributed by atoms with E-state index in [-0.39, 0.29) is 17.2 Å².